The van der Waals surface area contributed by atoms with Crippen molar-refractivity contribution in [2.75, 3.05) is 6.54 Å². The summed E-state index contributed by atoms with van der Waals surface area (Å²) in [4.78, 5) is 13.4. The summed E-state index contributed by atoms with van der Waals surface area (Å²) in [7, 11) is 0. The smallest absolute Gasteiger partial charge is 0.317 e. The van der Waals surface area contributed by atoms with Crippen molar-refractivity contribution in [2.45, 2.75) is 64.5 Å². The standard InChI is InChI=1S/C18H27NO2/c1-5-13(2)19(12-17(20)21)16-10-11-18(3,4)15-9-7-6-8-14(15)16/h6-9,13,16H,5,10-12H2,1-4H3,(H,20,21). The van der Waals surface area contributed by atoms with Crippen LogP contribution in [0.2, 0.25) is 0 Å². The second-order valence-corrected chi connectivity index (χ2v) is 6.85. The molecule has 1 aliphatic carbocycles. The van der Waals surface area contributed by atoms with Crippen LogP contribution in [0.3, 0.4) is 0 Å². The molecule has 116 valence electrons. The number of rotatable bonds is 5. The number of nitrogens with zero attached hydrogens (tertiary/aromatic N) is 1. The van der Waals surface area contributed by atoms with Crippen molar-refractivity contribution in [3.8, 4) is 0 Å². The molecule has 1 aromatic rings. The SMILES string of the molecule is CCC(C)N(CC(=O)O)C1CCC(C)(C)c2ccccc21. The van der Waals surface area contributed by atoms with Crippen molar-refractivity contribution in [3.05, 3.63) is 35.4 Å². The fourth-order valence-electron chi connectivity index (χ4n) is 3.50. The molecule has 2 atom stereocenters. The van der Waals surface area contributed by atoms with E-state index < -0.39 is 5.97 Å². The Labute approximate surface area is 128 Å². The average Bonchev–Trinajstić information content (AvgIpc) is 2.45. The first-order valence-corrected chi connectivity index (χ1v) is 7.93. The second kappa shape index (κ2) is 6.18. The van der Waals surface area contributed by atoms with Gasteiger partial charge in [-0.25, -0.2) is 0 Å². The predicted molar refractivity (Wildman–Crippen MR) is 85.5 cm³/mol. The van der Waals surface area contributed by atoms with Crippen LogP contribution >= 0.6 is 0 Å². The molecule has 0 aliphatic heterocycles. The van der Waals surface area contributed by atoms with E-state index in [1.54, 1.807) is 0 Å². The van der Waals surface area contributed by atoms with E-state index in [2.05, 4.69) is 56.9 Å². The van der Waals surface area contributed by atoms with E-state index >= 15 is 0 Å². The Kier molecular flexibility index (Phi) is 4.72. The fourth-order valence-corrected chi connectivity index (χ4v) is 3.50. The molecule has 3 heteroatoms. The maximum Gasteiger partial charge on any atom is 0.317 e. The Bertz CT molecular complexity index is 510. The molecule has 0 saturated carbocycles. The maximum atomic E-state index is 11.3. The molecule has 0 radical (unpaired) electrons. The number of aliphatic carboxylic acids is 1. The molecule has 0 amide bonds. The molecular weight excluding hydrogens is 262 g/mol. The van der Waals surface area contributed by atoms with Crippen LogP contribution in [0.25, 0.3) is 0 Å². The summed E-state index contributed by atoms with van der Waals surface area (Å²) in [5, 5.41) is 9.27. The molecule has 1 N–H and O–H groups in total. The van der Waals surface area contributed by atoms with Crippen molar-refractivity contribution >= 4 is 5.97 Å². The van der Waals surface area contributed by atoms with Gasteiger partial charge in [0, 0.05) is 12.1 Å². The first kappa shape index (κ1) is 16.0. The van der Waals surface area contributed by atoms with Gasteiger partial charge in [0.25, 0.3) is 0 Å². The van der Waals surface area contributed by atoms with Crippen LogP contribution in [0, 0.1) is 0 Å². The van der Waals surface area contributed by atoms with Crippen LogP contribution in [0.1, 0.15) is 64.1 Å². The molecule has 1 aliphatic rings. The van der Waals surface area contributed by atoms with Gasteiger partial charge in [-0.2, -0.15) is 0 Å². The third kappa shape index (κ3) is 3.29. The van der Waals surface area contributed by atoms with Gasteiger partial charge < -0.3 is 5.11 Å². The Balaban J connectivity index is 2.40. The van der Waals surface area contributed by atoms with E-state index in [1.165, 1.54) is 11.1 Å². The first-order valence-electron chi connectivity index (χ1n) is 7.93. The minimum Gasteiger partial charge on any atom is -0.480 e. The zero-order valence-corrected chi connectivity index (χ0v) is 13.6. The van der Waals surface area contributed by atoms with Crippen molar-refractivity contribution < 1.29 is 9.90 Å². The summed E-state index contributed by atoms with van der Waals surface area (Å²) in [5.74, 6) is -0.738. The highest BCUT2D eigenvalue weighted by molar-refractivity contribution is 5.69. The lowest BCUT2D eigenvalue weighted by Crippen LogP contribution is -2.43. The van der Waals surface area contributed by atoms with Crippen LogP contribution in [0.4, 0.5) is 0 Å². The van der Waals surface area contributed by atoms with E-state index in [0.717, 1.165) is 19.3 Å². The first-order chi connectivity index (χ1) is 9.86. The largest absolute Gasteiger partial charge is 0.480 e. The number of fused-ring (bicyclic) bond motifs is 1. The normalized spacial score (nSPS) is 21.9. The maximum absolute atomic E-state index is 11.3. The van der Waals surface area contributed by atoms with Crippen LogP contribution in [0.15, 0.2) is 24.3 Å². The van der Waals surface area contributed by atoms with Gasteiger partial charge in [-0.05, 0) is 42.7 Å². The molecule has 0 saturated heterocycles. The van der Waals surface area contributed by atoms with Gasteiger partial charge in [0.05, 0.1) is 6.54 Å². The summed E-state index contributed by atoms with van der Waals surface area (Å²) >= 11 is 0. The third-order valence-electron chi connectivity index (χ3n) is 4.97. The highest BCUT2D eigenvalue weighted by Crippen LogP contribution is 2.44. The molecule has 0 bridgehead atoms. The summed E-state index contributed by atoms with van der Waals surface area (Å²) < 4.78 is 0. The Morgan fingerprint density at radius 2 is 2.10 bits per heavy atom. The zero-order valence-electron chi connectivity index (χ0n) is 13.6. The average molecular weight is 289 g/mol. The molecule has 0 heterocycles. The van der Waals surface area contributed by atoms with Crippen LogP contribution < -0.4 is 0 Å². The van der Waals surface area contributed by atoms with Gasteiger partial charge in [-0.15, -0.1) is 0 Å². The molecule has 2 unspecified atom stereocenters. The zero-order chi connectivity index (χ0) is 15.6. The summed E-state index contributed by atoms with van der Waals surface area (Å²) in [6, 6.07) is 9.05. The van der Waals surface area contributed by atoms with E-state index in [1.807, 2.05) is 0 Å². The van der Waals surface area contributed by atoms with Gasteiger partial charge in [-0.1, -0.05) is 45.0 Å². The Hall–Kier alpha value is -1.35. The summed E-state index contributed by atoms with van der Waals surface area (Å²) in [5.41, 5.74) is 2.87. The Morgan fingerprint density at radius 3 is 2.71 bits per heavy atom. The van der Waals surface area contributed by atoms with E-state index in [0.29, 0.717) is 0 Å². The number of carbonyl (C=O) groups is 1. The Morgan fingerprint density at radius 1 is 1.43 bits per heavy atom. The molecular formula is C18H27NO2. The molecule has 0 aromatic heterocycles. The summed E-state index contributed by atoms with van der Waals surface area (Å²) in [6.07, 6.45) is 3.10. The highest BCUT2D eigenvalue weighted by Gasteiger charge is 2.36. The monoisotopic (exact) mass is 289 g/mol. The fraction of sp³-hybridized carbons (Fsp3) is 0.611. The van der Waals surface area contributed by atoms with Crippen molar-refractivity contribution in [1.82, 2.24) is 4.90 Å². The molecule has 3 nitrogen and oxygen atoms in total. The lowest BCUT2D eigenvalue weighted by atomic mass is 9.70. The molecule has 0 fully saturated rings. The molecule has 1 aromatic carbocycles. The quantitative estimate of drug-likeness (QED) is 0.891. The van der Waals surface area contributed by atoms with E-state index in [9.17, 15) is 9.90 Å². The topological polar surface area (TPSA) is 40.5 Å². The highest BCUT2D eigenvalue weighted by atomic mass is 16.4. The third-order valence-corrected chi connectivity index (χ3v) is 4.97. The lowest BCUT2D eigenvalue weighted by molar-refractivity contribution is -0.139. The minimum absolute atomic E-state index is 0.119. The second-order valence-electron chi connectivity index (χ2n) is 6.85. The van der Waals surface area contributed by atoms with Gasteiger partial charge in [0.1, 0.15) is 0 Å². The van der Waals surface area contributed by atoms with Gasteiger partial charge in [0.2, 0.25) is 0 Å². The molecule has 0 spiro atoms. The van der Waals surface area contributed by atoms with E-state index in [4.69, 9.17) is 0 Å². The van der Waals surface area contributed by atoms with Crippen molar-refractivity contribution in [3.63, 3.8) is 0 Å². The summed E-state index contributed by atoms with van der Waals surface area (Å²) in [6.45, 7) is 8.94. The number of benzene rings is 1. The van der Waals surface area contributed by atoms with Crippen molar-refractivity contribution in [2.24, 2.45) is 0 Å². The molecule has 21 heavy (non-hydrogen) atoms. The lowest BCUT2D eigenvalue weighted by Gasteiger charge is -2.43. The number of hydrogen-bond donors (Lipinski definition) is 1. The van der Waals surface area contributed by atoms with Crippen molar-refractivity contribution in [1.29, 1.82) is 0 Å². The number of carboxylic acids is 1. The molecule has 2 rings (SSSR count). The number of hydrogen-bond acceptors (Lipinski definition) is 2. The predicted octanol–water partition coefficient (Wildman–Crippen LogP) is 3.98. The van der Waals surface area contributed by atoms with Gasteiger partial charge in [0.15, 0.2) is 0 Å². The number of carboxylic acid groups (broad SMARTS) is 1. The minimum atomic E-state index is -0.738. The van der Waals surface area contributed by atoms with E-state index in [-0.39, 0.29) is 24.0 Å². The van der Waals surface area contributed by atoms with Gasteiger partial charge >= 0.3 is 5.97 Å². The van der Waals surface area contributed by atoms with Crippen LogP contribution in [-0.4, -0.2) is 28.6 Å². The van der Waals surface area contributed by atoms with Crippen LogP contribution in [-0.2, 0) is 10.2 Å². The van der Waals surface area contributed by atoms with Gasteiger partial charge in [-0.3, -0.25) is 9.69 Å². The van der Waals surface area contributed by atoms with Crippen LogP contribution in [0.5, 0.6) is 0 Å².